The maximum Gasteiger partial charge on any atom is 0.269 e. The molecule has 0 fully saturated rings. The molecule has 3 rings (SSSR count). The van der Waals surface area contributed by atoms with E-state index in [0.29, 0.717) is 31.3 Å². The molecule has 0 amide bonds. The van der Waals surface area contributed by atoms with Crippen molar-refractivity contribution in [2.75, 3.05) is 11.9 Å². The molecule has 0 spiro atoms. The second-order valence-corrected chi connectivity index (χ2v) is 8.49. The lowest BCUT2D eigenvalue weighted by Crippen LogP contribution is -2.05. The summed E-state index contributed by atoms with van der Waals surface area (Å²) in [5.74, 6) is 1.35. The van der Waals surface area contributed by atoms with Gasteiger partial charge in [-0.3, -0.25) is 10.1 Å². The van der Waals surface area contributed by atoms with E-state index in [4.69, 9.17) is 9.47 Å². The van der Waals surface area contributed by atoms with Gasteiger partial charge in [-0.25, -0.2) is 0 Å². The van der Waals surface area contributed by atoms with Gasteiger partial charge >= 0.3 is 0 Å². The van der Waals surface area contributed by atoms with Gasteiger partial charge in [-0.2, -0.15) is 0 Å². The fraction of sp³-hybridized carbons (Fsp3) is 0.182. The van der Waals surface area contributed by atoms with E-state index in [1.54, 1.807) is 12.1 Å². The maximum atomic E-state index is 10.8. The standard InChI is InChI=1S/C22H20BrIN2O4/c1-2-29-21-12-16(13-25-18-7-5-17(23)6-8-18)11-20(24)22(21)30-14-15-3-9-19(10-4-15)26(27)28/h3-12,25H,2,13-14H2,1H3. The molecule has 8 heteroatoms. The molecule has 0 atom stereocenters. The third kappa shape index (κ3) is 6.09. The van der Waals surface area contributed by atoms with Crippen LogP contribution in [0.15, 0.2) is 65.1 Å². The van der Waals surface area contributed by atoms with Gasteiger partial charge in [-0.05, 0) is 89.2 Å². The number of rotatable bonds is 9. The van der Waals surface area contributed by atoms with E-state index in [1.165, 1.54) is 12.1 Å². The third-order valence-electron chi connectivity index (χ3n) is 4.24. The highest BCUT2D eigenvalue weighted by Crippen LogP contribution is 2.35. The molecule has 0 aromatic heterocycles. The van der Waals surface area contributed by atoms with E-state index in [9.17, 15) is 10.1 Å². The van der Waals surface area contributed by atoms with Crippen LogP contribution < -0.4 is 14.8 Å². The molecule has 0 radical (unpaired) electrons. The molecular weight excluding hydrogens is 563 g/mol. The molecule has 1 N–H and O–H groups in total. The normalized spacial score (nSPS) is 10.5. The number of hydrogen-bond donors (Lipinski definition) is 1. The average molecular weight is 583 g/mol. The van der Waals surface area contributed by atoms with Crippen molar-refractivity contribution in [2.45, 2.75) is 20.1 Å². The summed E-state index contributed by atoms with van der Waals surface area (Å²) < 4.78 is 13.8. The van der Waals surface area contributed by atoms with Gasteiger partial charge in [0.05, 0.1) is 15.1 Å². The molecule has 0 unspecified atom stereocenters. The van der Waals surface area contributed by atoms with Crippen LogP contribution in [-0.4, -0.2) is 11.5 Å². The minimum Gasteiger partial charge on any atom is -0.490 e. The SMILES string of the molecule is CCOc1cc(CNc2ccc(Br)cc2)cc(I)c1OCc1ccc([N+](=O)[O-])cc1. The minimum atomic E-state index is -0.415. The second kappa shape index (κ2) is 10.6. The maximum absolute atomic E-state index is 10.8. The van der Waals surface area contributed by atoms with Crippen molar-refractivity contribution >= 4 is 49.9 Å². The Kier molecular flexibility index (Phi) is 7.92. The van der Waals surface area contributed by atoms with E-state index in [-0.39, 0.29) is 5.69 Å². The first kappa shape index (κ1) is 22.4. The molecule has 0 bridgehead atoms. The van der Waals surface area contributed by atoms with Crippen molar-refractivity contribution in [2.24, 2.45) is 0 Å². The highest BCUT2D eigenvalue weighted by Gasteiger charge is 2.13. The number of ether oxygens (including phenoxy) is 2. The predicted molar refractivity (Wildman–Crippen MR) is 129 cm³/mol. The average Bonchev–Trinajstić information content (AvgIpc) is 2.73. The van der Waals surface area contributed by atoms with Crippen LogP contribution in [0.3, 0.4) is 0 Å². The lowest BCUT2D eigenvalue weighted by atomic mass is 10.2. The van der Waals surface area contributed by atoms with Crippen LogP contribution in [0.4, 0.5) is 11.4 Å². The van der Waals surface area contributed by atoms with Gasteiger partial charge in [-0.15, -0.1) is 0 Å². The number of nitrogens with zero attached hydrogens (tertiary/aromatic N) is 1. The lowest BCUT2D eigenvalue weighted by Gasteiger charge is -2.16. The second-order valence-electron chi connectivity index (χ2n) is 6.41. The molecule has 3 aromatic rings. The summed E-state index contributed by atoms with van der Waals surface area (Å²) in [6.45, 7) is 3.40. The van der Waals surface area contributed by atoms with Crippen molar-refractivity contribution in [3.63, 3.8) is 0 Å². The third-order valence-corrected chi connectivity index (χ3v) is 5.57. The van der Waals surface area contributed by atoms with E-state index >= 15 is 0 Å². The van der Waals surface area contributed by atoms with Gasteiger partial charge in [0.25, 0.3) is 5.69 Å². The Hall–Kier alpha value is -2.33. The first-order valence-corrected chi connectivity index (χ1v) is 11.1. The number of hydrogen-bond acceptors (Lipinski definition) is 5. The Bertz CT molecular complexity index is 1010. The molecule has 30 heavy (non-hydrogen) atoms. The molecule has 0 saturated heterocycles. The van der Waals surface area contributed by atoms with E-state index in [0.717, 1.165) is 24.9 Å². The van der Waals surface area contributed by atoms with Crippen molar-refractivity contribution in [1.29, 1.82) is 0 Å². The molecule has 0 aliphatic rings. The Morgan fingerprint density at radius 3 is 2.37 bits per heavy atom. The van der Waals surface area contributed by atoms with Crippen LogP contribution in [0.1, 0.15) is 18.1 Å². The number of anilines is 1. The largest absolute Gasteiger partial charge is 0.490 e. The Balaban J connectivity index is 1.72. The van der Waals surface area contributed by atoms with Crippen molar-refractivity contribution in [1.82, 2.24) is 0 Å². The monoisotopic (exact) mass is 582 g/mol. The summed E-state index contributed by atoms with van der Waals surface area (Å²) in [7, 11) is 0. The van der Waals surface area contributed by atoms with Crippen LogP contribution in [0.5, 0.6) is 11.5 Å². The first-order valence-electron chi connectivity index (χ1n) is 9.27. The number of nitro groups is 1. The molecule has 156 valence electrons. The summed E-state index contributed by atoms with van der Waals surface area (Å²) in [5, 5.41) is 14.2. The molecule has 6 nitrogen and oxygen atoms in total. The Morgan fingerprint density at radius 2 is 1.73 bits per heavy atom. The Morgan fingerprint density at radius 1 is 1.03 bits per heavy atom. The number of nitro benzene ring substituents is 1. The lowest BCUT2D eigenvalue weighted by molar-refractivity contribution is -0.384. The fourth-order valence-corrected chi connectivity index (χ4v) is 3.85. The highest BCUT2D eigenvalue weighted by atomic mass is 127. The van der Waals surface area contributed by atoms with Crippen LogP contribution in [0.2, 0.25) is 0 Å². The van der Waals surface area contributed by atoms with Gasteiger partial charge in [0.15, 0.2) is 11.5 Å². The van der Waals surface area contributed by atoms with Gasteiger partial charge in [0, 0.05) is 28.8 Å². The summed E-state index contributed by atoms with van der Waals surface area (Å²) >= 11 is 5.68. The van der Waals surface area contributed by atoms with Gasteiger partial charge < -0.3 is 14.8 Å². The van der Waals surface area contributed by atoms with Crippen LogP contribution >= 0.6 is 38.5 Å². The van der Waals surface area contributed by atoms with Crippen molar-refractivity contribution in [3.8, 4) is 11.5 Å². The molecule has 0 saturated carbocycles. The van der Waals surface area contributed by atoms with Crippen LogP contribution in [0.25, 0.3) is 0 Å². The predicted octanol–water partition coefficient (Wildman–Crippen LogP) is 6.55. The van der Waals surface area contributed by atoms with Gasteiger partial charge in [-0.1, -0.05) is 15.9 Å². The molecule has 3 aromatic carbocycles. The van der Waals surface area contributed by atoms with E-state index in [2.05, 4.69) is 49.9 Å². The molecule has 0 aliphatic heterocycles. The van der Waals surface area contributed by atoms with Gasteiger partial charge in [0.1, 0.15) is 6.61 Å². The van der Waals surface area contributed by atoms with Crippen molar-refractivity contribution < 1.29 is 14.4 Å². The zero-order valence-electron chi connectivity index (χ0n) is 16.2. The van der Waals surface area contributed by atoms with E-state index in [1.807, 2.05) is 37.3 Å². The molecule has 0 aliphatic carbocycles. The topological polar surface area (TPSA) is 73.6 Å². The zero-order valence-corrected chi connectivity index (χ0v) is 20.0. The van der Waals surface area contributed by atoms with Crippen LogP contribution in [-0.2, 0) is 13.2 Å². The molecule has 0 heterocycles. The number of nitrogens with one attached hydrogen (secondary N) is 1. The van der Waals surface area contributed by atoms with Crippen molar-refractivity contribution in [3.05, 3.63) is 89.9 Å². The van der Waals surface area contributed by atoms with Gasteiger partial charge in [0.2, 0.25) is 0 Å². The smallest absolute Gasteiger partial charge is 0.269 e. The summed E-state index contributed by atoms with van der Waals surface area (Å²) in [6, 6.07) is 18.4. The minimum absolute atomic E-state index is 0.0611. The molecular formula is C22H20BrIN2O4. The van der Waals surface area contributed by atoms with E-state index < -0.39 is 4.92 Å². The number of halogens is 2. The van der Waals surface area contributed by atoms with Crippen LogP contribution in [0, 0.1) is 13.7 Å². The highest BCUT2D eigenvalue weighted by molar-refractivity contribution is 14.1. The number of non-ortho nitro benzene ring substituents is 1. The summed E-state index contributed by atoms with van der Waals surface area (Å²) in [4.78, 5) is 10.4. The summed E-state index contributed by atoms with van der Waals surface area (Å²) in [6.07, 6.45) is 0. The number of benzene rings is 3. The zero-order chi connectivity index (χ0) is 21.5. The summed E-state index contributed by atoms with van der Waals surface area (Å²) in [5.41, 5.74) is 3.02. The first-order chi connectivity index (χ1) is 14.5. The quantitative estimate of drug-likeness (QED) is 0.176. The Labute approximate surface area is 197 Å². The fourth-order valence-electron chi connectivity index (χ4n) is 2.77.